The third kappa shape index (κ3) is 3.44. The van der Waals surface area contributed by atoms with Crippen LogP contribution < -0.4 is 5.32 Å². The zero-order valence-electron chi connectivity index (χ0n) is 10.4. The fourth-order valence-electron chi connectivity index (χ4n) is 2.94. The van der Waals surface area contributed by atoms with Crippen LogP contribution in [0.25, 0.3) is 0 Å². The lowest BCUT2D eigenvalue weighted by Crippen LogP contribution is -2.38. The van der Waals surface area contributed by atoms with Gasteiger partial charge in [0.15, 0.2) is 0 Å². The normalized spacial score (nSPS) is 32.8. The molecule has 2 heterocycles. The van der Waals surface area contributed by atoms with Gasteiger partial charge in [-0.05, 0) is 51.5 Å². The van der Waals surface area contributed by atoms with E-state index in [4.69, 9.17) is 9.47 Å². The highest BCUT2D eigenvalue weighted by Gasteiger charge is 2.24. The highest BCUT2D eigenvalue weighted by molar-refractivity contribution is 4.79. The summed E-state index contributed by atoms with van der Waals surface area (Å²) in [6.45, 7) is 2.87. The molecule has 94 valence electrons. The summed E-state index contributed by atoms with van der Waals surface area (Å²) in [6, 6.07) is 0.615. The topological polar surface area (TPSA) is 30.5 Å². The molecule has 2 saturated heterocycles. The van der Waals surface area contributed by atoms with Crippen LogP contribution in [0.15, 0.2) is 0 Å². The van der Waals surface area contributed by atoms with Gasteiger partial charge in [0.1, 0.15) is 0 Å². The van der Waals surface area contributed by atoms with Gasteiger partial charge in [-0.1, -0.05) is 0 Å². The van der Waals surface area contributed by atoms with Crippen LogP contribution in [-0.4, -0.2) is 39.0 Å². The molecule has 0 radical (unpaired) electrons. The Bertz CT molecular complexity index is 186. The zero-order chi connectivity index (χ0) is 11.2. The van der Waals surface area contributed by atoms with E-state index in [9.17, 15) is 0 Å². The average molecular weight is 227 g/mol. The van der Waals surface area contributed by atoms with Crippen molar-refractivity contribution in [1.82, 2.24) is 5.32 Å². The summed E-state index contributed by atoms with van der Waals surface area (Å²) in [4.78, 5) is 0. The Morgan fingerprint density at radius 2 is 2.12 bits per heavy atom. The largest absolute Gasteiger partial charge is 0.381 e. The van der Waals surface area contributed by atoms with Gasteiger partial charge in [-0.3, -0.25) is 0 Å². The first-order valence-corrected chi connectivity index (χ1v) is 6.76. The maximum atomic E-state index is 5.68. The lowest BCUT2D eigenvalue weighted by molar-refractivity contribution is 0.0345. The van der Waals surface area contributed by atoms with Crippen LogP contribution in [0.4, 0.5) is 0 Å². The summed E-state index contributed by atoms with van der Waals surface area (Å²) >= 11 is 0. The fraction of sp³-hybridized carbons (Fsp3) is 1.00. The van der Waals surface area contributed by atoms with E-state index < -0.39 is 0 Å². The molecule has 2 aliphatic heterocycles. The fourth-order valence-corrected chi connectivity index (χ4v) is 2.94. The Balaban J connectivity index is 1.70. The monoisotopic (exact) mass is 227 g/mol. The molecule has 16 heavy (non-hydrogen) atoms. The van der Waals surface area contributed by atoms with E-state index in [-0.39, 0.29) is 0 Å². The van der Waals surface area contributed by atoms with Gasteiger partial charge in [0.2, 0.25) is 0 Å². The van der Waals surface area contributed by atoms with Crippen molar-refractivity contribution in [3.8, 4) is 0 Å². The van der Waals surface area contributed by atoms with Crippen molar-refractivity contribution in [2.45, 2.75) is 50.7 Å². The molecular formula is C13H25NO2. The minimum absolute atomic E-state index is 0.528. The molecule has 0 aromatic heterocycles. The van der Waals surface area contributed by atoms with Gasteiger partial charge in [0.25, 0.3) is 0 Å². The van der Waals surface area contributed by atoms with Crippen LogP contribution >= 0.6 is 0 Å². The van der Waals surface area contributed by atoms with Crippen LogP contribution in [0.5, 0.6) is 0 Å². The van der Waals surface area contributed by atoms with Crippen molar-refractivity contribution >= 4 is 0 Å². The molecular weight excluding hydrogens is 202 g/mol. The van der Waals surface area contributed by atoms with Gasteiger partial charge >= 0.3 is 0 Å². The van der Waals surface area contributed by atoms with Crippen LogP contribution in [-0.2, 0) is 9.47 Å². The molecule has 0 aromatic rings. The lowest BCUT2D eigenvalue weighted by atomic mass is 9.90. The molecule has 2 aliphatic rings. The number of hydrogen-bond donors (Lipinski definition) is 1. The molecule has 3 nitrogen and oxygen atoms in total. The summed E-state index contributed by atoms with van der Waals surface area (Å²) in [5, 5.41) is 3.46. The maximum Gasteiger partial charge on any atom is 0.0576 e. The van der Waals surface area contributed by atoms with Crippen molar-refractivity contribution in [1.29, 1.82) is 0 Å². The van der Waals surface area contributed by atoms with Gasteiger partial charge in [-0.25, -0.2) is 0 Å². The van der Waals surface area contributed by atoms with Crippen LogP contribution in [0.1, 0.15) is 38.5 Å². The van der Waals surface area contributed by atoms with Crippen LogP contribution in [0.2, 0.25) is 0 Å². The second-order valence-electron chi connectivity index (χ2n) is 5.08. The van der Waals surface area contributed by atoms with E-state index in [0.717, 1.165) is 19.8 Å². The molecule has 3 atom stereocenters. The number of hydrogen-bond acceptors (Lipinski definition) is 3. The number of nitrogens with one attached hydrogen (secondary N) is 1. The summed E-state index contributed by atoms with van der Waals surface area (Å²) in [5.41, 5.74) is 0. The molecule has 0 aromatic carbocycles. The highest BCUT2D eigenvalue weighted by Crippen LogP contribution is 2.23. The molecule has 1 N–H and O–H groups in total. The van der Waals surface area contributed by atoms with Crippen molar-refractivity contribution in [2.75, 3.05) is 26.9 Å². The molecule has 0 amide bonds. The Morgan fingerprint density at radius 3 is 2.75 bits per heavy atom. The van der Waals surface area contributed by atoms with Crippen LogP contribution in [0.3, 0.4) is 0 Å². The van der Waals surface area contributed by atoms with E-state index >= 15 is 0 Å². The Hall–Kier alpha value is -0.120. The second-order valence-corrected chi connectivity index (χ2v) is 5.08. The first-order valence-electron chi connectivity index (χ1n) is 6.76. The van der Waals surface area contributed by atoms with E-state index in [2.05, 4.69) is 12.4 Å². The minimum atomic E-state index is 0.528. The van der Waals surface area contributed by atoms with Gasteiger partial charge in [-0.15, -0.1) is 0 Å². The Labute approximate surface area is 98.9 Å². The quantitative estimate of drug-likeness (QED) is 0.779. The molecule has 2 rings (SSSR count). The summed E-state index contributed by atoms with van der Waals surface area (Å²) in [5.74, 6) is 0.708. The first-order chi connectivity index (χ1) is 7.90. The average Bonchev–Trinajstić information content (AvgIpc) is 2.84. The molecule has 0 saturated carbocycles. The van der Waals surface area contributed by atoms with E-state index in [1.807, 2.05) is 0 Å². The molecule has 0 aliphatic carbocycles. The SMILES string of the molecule is CNC(CCC1CCCO1)C1CCCOC1. The number of rotatable bonds is 5. The zero-order valence-corrected chi connectivity index (χ0v) is 10.4. The molecule has 3 heteroatoms. The van der Waals surface area contributed by atoms with Crippen molar-refractivity contribution < 1.29 is 9.47 Å². The van der Waals surface area contributed by atoms with E-state index in [1.54, 1.807) is 0 Å². The van der Waals surface area contributed by atoms with Gasteiger partial charge < -0.3 is 14.8 Å². The molecule has 2 fully saturated rings. The summed E-state index contributed by atoms with van der Waals surface area (Å²) in [6.07, 6.45) is 8.02. The van der Waals surface area contributed by atoms with Gasteiger partial charge in [0.05, 0.1) is 12.7 Å². The first kappa shape index (κ1) is 12.3. The standard InChI is InChI=1S/C13H25NO2/c1-14-13(11-4-2-8-15-10-11)7-6-12-5-3-9-16-12/h11-14H,2-10H2,1H3. The van der Waals surface area contributed by atoms with Crippen LogP contribution in [0, 0.1) is 5.92 Å². The Kier molecular flexibility index (Phi) is 5.07. The van der Waals surface area contributed by atoms with Crippen molar-refractivity contribution in [2.24, 2.45) is 5.92 Å². The molecule has 0 bridgehead atoms. The Morgan fingerprint density at radius 1 is 1.25 bits per heavy atom. The predicted molar refractivity (Wildman–Crippen MR) is 64.6 cm³/mol. The molecule has 3 unspecified atom stereocenters. The van der Waals surface area contributed by atoms with Crippen molar-refractivity contribution in [3.63, 3.8) is 0 Å². The summed E-state index contributed by atoms with van der Waals surface area (Å²) < 4.78 is 11.2. The van der Waals surface area contributed by atoms with Gasteiger partial charge in [0, 0.05) is 19.3 Å². The number of ether oxygens (including phenoxy) is 2. The third-order valence-electron chi connectivity index (χ3n) is 3.96. The van der Waals surface area contributed by atoms with E-state index in [1.165, 1.54) is 38.5 Å². The predicted octanol–water partition coefficient (Wildman–Crippen LogP) is 1.96. The van der Waals surface area contributed by atoms with Gasteiger partial charge in [-0.2, -0.15) is 0 Å². The smallest absolute Gasteiger partial charge is 0.0576 e. The molecule has 0 spiro atoms. The second kappa shape index (κ2) is 6.58. The highest BCUT2D eigenvalue weighted by atomic mass is 16.5. The lowest BCUT2D eigenvalue weighted by Gasteiger charge is -2.30. The van der Waals surface area contributed by atoms with E-state index in [0.29, 0.717) is 18.1 Å². The summed E-state index contributed by atoms with van der Waals surface area (Å²) in [7, 11) is 2.08. The maximum absolute atomic E-state index is 5.68. The van der Waals surface area contributed by atoms with Crippen molar-refractivity contribution in [3.05, 3.63) is 0 Å². The minimum Gasteiger partial charge on any atom is -0.381 e. The third-order valence-corrected chi connectivity index (χ3v) is 3.96.